The Morgan fingerprint density at radius 3 is 3.10 bits per heavy atom. The molecule has 0 nitrogen and oxygen atoms in total. The molecule has 2 heteroatoms. The average molecular weight is 266 g/mol. The summed E-state index contributed by atoms with van der Waals surface area (Å²) in [6, 6.07) is 0. The molecule has 2 rings (SSSR count). The van der Waals surface area contributed by atoms with Crippen molar-refractivity contribution in [2.45, 2.75) is 5.25 Å². The molecule has 3 radical (unpaired) electrons. The fourth-order valence-electron chi connectivity index (χ4n) is 1.24. The third-order valence-corrected chi connectivity index (χ3v) is 4.32. The molecular formula is C8H8GeY. The summed E-state index contributed by atoms with van der Waals surface area (Å²) in [5, 5.41) is 1.45. The third kappa shape index (κ3) is 1.72. The Kier molecular flexibility index (Phi) is 3.61. The number of hydrogen-bond donors (Lipinski definition) is 0. The van der Waals surface area contributed by atoms with Gasteiger partial charge in [0.15, 0.2) is 0 Å². The van der Waals surface area contributed by atoms with Crippen molar-refractivity contribution in [3.63, 3.8) is 0 Å². The van der Waals surface area contributed by atoms with E-state index in [1.165, 1.54) is 5.25 Å². The number of hydrogen-bond acceptors (Lipinski definition) is 0. The van der Waals surface area contributed by atoms with Gasteiger partial charge in [-0.2, -0.15) is 0 Å². The molecule has 0 bridgehead atoms. The molecule has 1 aliphatic heterocycles. The van der Waals surface area contributed by atoms with Crippen LogP contribution in [0.1, 0.15) is 0 Å². The molecule has 0 N–H and O–H groups in total. The van der Waals surface area contributed by atoms with Crippen molar-refractivity contribution in [1.82, 2.24) is 0 Å². The first-order chi connectivity index (χ1) is 4.47. The van der Waals surface area contributed by atoms with E-state index in [1.54, 1.807) is 5.57 Å². The molecule has 0 amide bonds. The normalized spacial score (nSPS) is 27.2. The van der Waals surface area contributed by atoms with Gasteiger partial charge in [0.1, 0.15) is 0 Å². The summed E-state index contributed by atoms with van der Waals surface area (Å²) in [5.41, 5.74) is 1.58. The molecule has 47 valence electrons. The van der Waals surface area contributed by atoms with Gasteiger partial charge in [0.05, 0.1) is 0 Å². The van der Waals surface area contributed by atoms with Crippen molar-refractivity contribution in [2.24, 2.45) is 5.92 Å². The maximum Gasteiger partial charge on any atom is 0 e. The van der Waals surface area contributed by atoms with E-state index in [9.17, 15) is 0 Å². The van der Waals surface area contributed by atoms with Gasteiger partial charge in [0.2, 0.25) is 0 Å². The van der Waals surface area contributed by atoms with Gasteiger partial charge >= 0.3 is 61.4 Å². The minimum Gasteiger partial charge on any atom is 0 e. The molecule has 0 aromatic carbocycles. The maximum absolute atomic E-state index is 2.46. The van der Waals surface area contributed by atoms with Crippen molar-refractivity contribution in [3.05, 3.63) is 34.8 Å². The SMILES string of the molecule is C1=CC2=[CH][Ge][CH2]C2C=C1.[Y]. The smallest absolute Gasteiger partial charge is 0 e. The van der Waals surface area contributed by atoms with Gasteiger partial charge in [-0.15, -0.1) is 0 Å². The molecule has 10 heavy (non-hydrogen) atoms. The summed E-state index contributed by atoms with van der Waals surface area (Å²) >= 11 is 0.309. The predicted octanol–water partition coefficient (Wildman–Crippen LogP) is 1.75. The first kappa shape index (κ1) is 8.96. The van der Waals surface area contributed by atoms with E-state index >= 15 is 0 Å². The van der Waals surface area contributed by atoms with Crippen molar-refractivity contribution in [3.8, 4) is 0 Å². The van der Waals surface area contributed by atoms with Crippen molar-refractivity contribution in [2.75, 3.05) is 0 Å². The molecule has 1 unspecified atom stereocenters. The Bertz CT molecular complexity index is 201. The Labute approximate surface area is 93.2 Å². The minimum absolute atomic E-state index is 0. The molecule has 0 aromatic rings. The van der Waals surface area contributed by atoms with E-state index in [0.29, 0.717) is 15.4 Å². The average Bonchev–Trinajstić information content (AvgIpc) is 2.33. The van der Waals surface area contributed by atoms with E-state index < -0.39 is 0 Å². The van der Waals surface area contributed by atoms with E-state index in [-0.39, 0.29) is 32.7 Å². The van der Waals surface area contributed by atoms with Crippen LogP contribution in [0.25, 0.3) is 0 Å². The van der Waals surface area contributed by atoms with Gasteiger partial charge in [0, 0.05) is 32.7 Å². The molecule has 0 spiro atoms. The largest absolute Gasteiger partial charge is 0 e. The first-order valence-corrected chi connectivity index (χ1v) is 5.94. The monoisotopic (exact) mass is 267 g/mol. The molecular weight excluding hydrogens is 258 g/mol. The van der Waals surface area contributed by atoms with Gasteiger partial charge in [0.25, 0.3) is 0 Å². The summed E-state index contributed by atoms with van der Waals surface area (Å²) in [7, 11) is 0. The number of fused-ring (bicyclic) bond motifs is 1. The second-order valence-corrected chi connectivity index (χ2v) is 4.72. The molecule has 1 aliphatic carbocycles. The molecule has 0 aromatic heterocycles. The van der Waals surface area contributed by atoms with E-state index in [4.69, 9.17) is 0 Å². The summed E-state index contributed by atoms with van der Waals surface area (Å²) in [6.07, 6.45) is 8.88. The summed E-state index contributed by atoms with van der Waals surface area (Å²) in [5.74, 6) is 0.815. The Hall–Kier alpha value is 0.867. The van der Waals surface area contributed by atoms with Crippen LogP contribution in [0.4, 0.5) is 0 Å². The fraction of sp³-hybridized carbons (Fsp3) is 0.250. The first-order valence-electron chi connectivity index (χ1n) is 3.25. The van der Waals surface area contributed by atoms with Gasteiger partial charge in [-0.25, -0.2) is 0 Å². The van der Waals surface area contributed by atoms with E-state index in [2.05, 4.69) is 29.2 Å². The van der Waals surface area contributed by atoms with Crippen LogP contribution in [0, 0.1) is 5.92 Å². The zero-order valence-corrected chi connectivity index (χ0v) is 10.7. The van der Waals surface area contributed by atoms with E-state index in [0.717, 1.165) is 5.92 Å². The van der Waals surface area contributed by atoms with E-state index in [1.807, 2.05) is 0 Å². The molecule has 2 aliphatic rings. The molecule has 0 fully saturated rings. The van der Waals surface area contributed by atoms with Crippen LogP contribution in [0.15, 0.2) is 34.8 Å². The van der Waals surface area contributed by atoms with Crippen LogP contribution < -0.4 is 0 Å². The third-order valence-electron chi connectivity index (χ3n) is 1.78. The van der Waals surface area contributed by atoms with Crippen LogP contribution in [-0.2, 0) is 32.7 Å². The quantitative estimate of drug-likeness (QED) is 0.586. The minimum atomic E-state index is 0. The van der Waals surface area contributed by atoms with Gasteiger partial charge in [-0.1, -0.05) is 0 Å². The molecule has 1 heterocycles. The van der Waals surface area contributed by atoms with Crippen LogP contribution in [-0.4, -0.2) is 15.4 Å². The standard InChI is InChI=1S/C8H8Ge.Y/c1-2-4-8-6-9-5-7(8)3-1;/h1-5,8H,6H2;. The van der Waals surface area contributed by atoms with Gasteiger partial charge in [-0.05, 0) is 0 Å². The number of allylic oxidation sites excluding steroid dienone is 5. The molecule has 0 saturated carbocycles. The van der Waals surface area contributed by atoms with Crippen LogP contribution in [0.2, 0.25) is 5.25 Å². The van der Waals surface area contributed by atoms with Crippen molar-refractivity contribution >= 4 is 15.4 Å². The zero-order valence-electron chi connectivity index (χ0n) is 5.75. The van der Waals surface area contributed by atoms with Crippen LogP contribution >= 0.6 is 0 Å². The summed E-state index contributed by atoms with van der Waals surface area (Å²) in [6.45, 7) is 0. The van der Waals surface area contributed by atoms with Crippen LogP contribution in [0.3, 0.4) is 0 Å². The van der Waals surface area contributed by atoms with Crippen molar-refractivity contribution in [1.29, 1.82) is 0 Å². The Morgan fingerprint density at radius 1 is 1.40 bits per heavy atom. The Balaban J connectivity index is 0.000000500. The van der Waals surface area contributed by atoms with Crippen LogP contribution in [0.5, 0.6) is 0 Å². The van der Waals surface area contributed by atoms with Gasteiger partial charge in [-0.3, -0.25) is 0 Å². The predicted molar refractivity (Wildman–Crippen MR) is 40.4 cm³/mol. The topological polar surface area (TPSA) is 0 Å². The summed E-state index contributed by atoms with van der Waals surface area (Å²) < 4.78 is 0. The van der Waals surface area contributed by atoms with Crippen molar-refractivity contribution < 1.29 is 32.7 Å². The number of rotatable bonds is 0. The molecule has 0 saturated heterocycles. The zero-order chi connectivity index (χ0) is 6.10. The Morgan fingerprint density at radius 2 is 2.30 bits per heavy atom. The maximum atomic E-state index is 2.46. The summed E-state index contributed by atoms with van der Waals surface area (Å²) in [4.78, 5) is 2.46. The molecule has 1 atom stereocenters. The second kappa shape index (κ2) is 4.03. The fourth-order valence-corrected chi connectivity index (χ4v) is 3.95. The van der Waals surface area contributed by atoms with Gasteiger partial charge < -0.3 is 0 Å². The second-order valence-electron chi connectivity index (χ2n) is 2.40.